The van der Waals surface area contributed by atoms with Crippen LogP contribution in [0.5, 0.6) is 0 Å². The molecule has 0 fully saturated rings. The van der Waals surface area contributed by atoms with Gasteiger partial charge in [-0.2, -0.15) is 0 Å². The van der Waals surface area contributed by atoms with Crippen molar-refractivity contribution in [3.8, 4) is 5.00 Å². The van der Waals surface area contributed by atoms with E-state index in [0.717, 1.165) is 35.3 Å². The number of carbonyl (C=O) groups excluding carboxylic acids is 1. The molecule has 0 bridgehead atoms. The van der Waals surface area contributed by atoms with Gasteiger partial charge in [-0.25, -0.2) is 4.79 Å². The number of rotatable bonds is 4. The summed E-state index contributed by atoms with van der Waals surface area (Å²) < 4.78 is 2.34. The Balaban J connectivity index is 1.42. The summed E-state index contributed by atoms with van der Waals surface area (Å²) in [4.78, 5) is 19.6. The molecule has 6 heteroatoms. The molecule has 190 valence electrons. The second-order valence-corrected chi connectivity index (χ2v) is 11.5. The number of hydrogen-bond acceptors (Lipinski definition) is 3. The van der Waals surface area contributed by atoms with Crippen molar-refractivity contribution in [1.29, 1.82) is 0 Å². The van der Waals surface area contributed by atoms with E-state index < -0.39 is 0 Å². The first-order chi connectivity index (χ1) is 18.0. The number of nitrogens with one attached hydrogen (secondary N) is 1. The highest BCUT2D eigenvalue weighted by atomic mass is 32.1. The maximum absolute atomic E-state index is 14.0. The number of fused-ring (bicyclic) bond motifs is 5. The van der Waals surface area contributed by atoms with Crippen molar-refractivity contribution in [2.24, 2.45) is 0 Å². The SMILES string of the molecule is Cc1ccc(CNC(=O)N2Cc3c(sc4c3CCCC4)-n3cccc3C2c2ccc(N(C)C)cc2)cc1. The first-order valence-corrected chi connectivity index (χ1v) is 14.0. The number of urea groups is 1. The molecule has 4 aromatic rings. The van der Waals surface area contributed by atoms with E-state index in [1.165, 1.54) is 39.4 Å². The van der Waals surface area contributed by atoms with E-state index >= 15 is 0 Å². The average Bonchev–Trinajstić information content (AvgIpc) is 3.50. The highest BCUT2D eigenvalue weighted by Crippen LogP contribution is 2.44. The van der Waals surface area contributed by atoms with Crippen LogP contribution in [0.3, 0.4) is 0 Å². The first kappa shape index (κ1) is 23.9. The third-order valence-corrected chi connectivity index (χ3v) is 9.06. The van der Waals surface area contributed by atoms with Crippen LogP contribution in [0.25, 0.3) is 5.00 Å². The highest BCUT2D eigenvalue weighted by molar-refractivity contribution is 7.15. The molecule has 2 aromatic carbocycles. The van der Waals surface area contributed by atoms with Gasteiger partial charge in [-0.3, -0.25) is 0 Å². The molecule has 1 N–H and O–H groups in total. The number of hydrogen-bond donors (Lipinski definition) is 1. The number of amides is 2. The molecule has 1 unspecified atom stereocenters. The van der Waals surface area contributed by atoms with Crippen LogP contribution in [0.4, 0.5) is 10.5 Å². The van der Waals surface area contributed by atoms with Crippen molar-refractivity contribution in [3.63, 3.8) is 0 Å². The Kier molecular flexibility index (Phi) is 6.29. The van der Waals surface area contributed by atoms with Gasteiger partial charge >= 0.3 is 6.03 Å². The smallest absolute Gasteiger partial charge is 0.318 e. The molecular formula is C31H34N4OS. The Labute approximate surface area is 223 Å². The first-order valence-electron chi connectivity index (χ1n) is 13.2. The van der Waals surface area contributed by atoms with E-state index in [9.17, 15) is 4.79 Å². The largest absolute Gasteiger partial charge is 0.378 e. The van der Waals surface area contributed by atoms with E-state index in [-0.39, 0.29) is 12.1 Å². The summed E-state index contributed by atoms with van der Waals surface area (Å²) in [5, 5.41) is 4.53. The molecule has 5 nitrogen and oxygen atoms in total. The van der Waals surface area contributed by atoms with E-state index in [1.807, 2.05) is 11.3 Å². The second-order valence-electron chi connectivity index (χ2n) is 10.5. The van der Waals surface area contributed by atoms with Crippen molar-refractivity contribution < 1.29 is 4.79 Å². The Morgan fingerprint density at radius 2 is 1.76 bits per heavy atom. The third-order valence-electron chi connectivity index (χ3n) is 7.73. The molecular weight excluding hydrogens is 476 g/mol. The number of carbonyl (C=O) groups is 1. The average molecular weight is 511 g/mol. The summed E-state index contributed by atoms with van der Waals surface area (Å²) in [7, 11) is 4.11. The summed E-state index contributed by atoms with van der Waals surface area (Å²) in [5.41, 5.74) is 8.55. The zero-order valence-corrected chi connectivity index (χ0v) is 22.6. The van der Waals surface area contributed by atoms with Crippen LogP contribution in [0.2, 0.25) is 0 Å². The zero-order chi connectivity index (χ0) is 25.5. The Hall–Kier alpha value is -3.51. The summed E-state index contributed by atoms with van der Waals surface area (Å²) in [6.45, 7) is 3.21. The maximum Gasteiger partial charge on any atom is 0.318 e. The van der Waals surface area contributed by atoms with Crippen LogP contribution in [0.1, 0.15) is 57.3 Å². The van der Waals surface area contributed by atoms with Gasteiger partial charge in [0.15, 0.2) is 0 Å². The molecule has 37 heavy (non-hydrogen) atoms. The minimum atomic E-state index is -0.178. The normalized spacial score (nSPS) is 16.4. The molecule has 0 spiro atoms. The van der Waals surface area contributed by atoms with E-state index in [2.05, 4.69) is 108 Å². The molecule has 1 aliphatic heterocycles. The fraction of sp³-hybridized carbons (Fsp3) is 0.323. The van der Waals surface area contributed by atoms with E-state index in [0.29, 0.717) is 13.1 Å². The van der Waals surface area contributed by atoms with Gasteiger partial charge in [0.1, 0.15) is 5.00 Å². The number of aromatic nitrogens is 1. The molecule has 1 aliphatic carbocycles. The molecule has 2 aliphatic rings. The van der Waals surface area contributed by atoms with Crippen LogP contribution in [0.15, 0.2) is 66.9 Å². The van der Waals surface area contributed by atoms with Crippen LogP contribution in [-0.4, -0.2) is 29.6 Å². The molecule has 6 rings (SSSR count). The molecule has 0 saturated carbocycles. The Bertz CT molecular complexity index is 1410. The zero-order valence-electron chi connectivity index (χ0n) is 21.8. The van der Waals surface area contributed by atoms with Crippen molar-refractivity contribution >= 4 is 23.1 Å². The number of nitrogens with zero attached hydrogens (tertiary/aromatic N) is 3. The Morgan fingerprint density at radius 1 is 1.00 bits per heavy atom. The molecule has 0 radical (unpaired) electrons. The molecule has 0 saturated heterocycles. The van der Waals surface area contributed by atoms with Gasteiger partial charge in [0, 0.05) is 43.0 Å². The number of benzene rings is 2. The van der Waals surface area contributed by atoms with Gasteiger partial charge in [-0.1, -0.05) is 42.0 Å². The lowest BCUT2D eigenvalue weighted by molar-refractivity contribution is 0.180. The van der Waals surface area contributed by atoms with Crippen molar-refractivity contribution in [1.82, 2.24) is 14.8 Å². The molecule has 2 aromatic heterocycles. The van der Waals surface area contributed by atoms with Gasteiger partial charge in [0.2, 0.25) is 0 Å². The predicted molar refractivity (Wildman–Crippen MR) is 152 cm³/mol. The molecule has 1 atom stereocenters. The third kappa shape index (κ3) is 4.44. The minimum Gasteiger partial charge on any atom is -0.378 e. The summed E-state index contributed by atoms with van der Waals surface area (Å²) in [6.07, 6.45) is 6.92. The van der Waals surface area contributed by atoms with Gasteiger partial charge in [-0.05, 0) is 73.6 Å². The van der Waals surface area contributed by atoms with Gasteiger partial charge in [0.05, 0.1) is 18.3 Å². The van der Waals surface area contributed by atoms with Crippen LogP contribution < -0.4 is 10.2 Å². The quantitative estimate of drug-likeness (QED) is 0.336. The van der Waals surface area contributed by atoms with Crippen LogP contribution in [-0.2, 0) is 25.9 Å². The topological polar surface area (TPSA) is 40.5 Å². The van der Waals surface area contributed by atoms with Gasteiger partial charge in [-0.15, -0.1) is 11.3 Å². The standard InChI is InChI=1S/C31H34N4OS/c1-21-10-12-22(13-11-21)19-32-31(36)35-20-26-25-7-4-5-9-28(25)37-30(26)34-18-6-8-27(34)29(35)23-14-16-24(17-15-23)33(2)3/h6,8,10-18,29H,4-5,7,9,19-20H2,1-3H3,(H,32,36). The summed E-state index contributed by atoms with van der Waals surface area (Å²) in [6, 6.07) is 21.1. The summed E-state index contributed by atoms with van der Waals surface area (Å²) >= 11 is 1.93. The fourth-order valence-electron chi connectivity index (χ4n) is 5.68. The monoisotopic (exact) mass is 510 g/mol. The van der Waals surface area contributed by atoms with Crippen molar-refractivity contribution in [2.45, 2.75) is 51.7 Å². The predicted octanol–water partition coefficient (Wildman–Crippen LogP) is 6.61. The van der Waals surface area contributed by atoms with Crippen LogP contribution in [0, 0.1) is 6.92 Å². The number of aryl methyl sites for hydroxylation is 2. The van der Waals surface area contributed by atoms with Crippen molar-refractivity contribution in [2.75, 3.05) is 19.0 Å². The fourth-order valence-corrected chi connectivity index (χ4v) is 7.08. The lowest BCUT2D eigenvalue weighted by atomic mass is 9.95. The van der Waals surface area contributed by atoms with E-state index in [1.54, 1.807) is 0 Å². The highest BCUT2D eigenvalue weighted by Gasteiger charge is 2.36. The van der Waals surface area contributed by atoms with Crippen molar-refractivity contribution in [3.05, 3.63) is 105 Å². The lowest BCUT2D eigenvalue weighted by Crippen LogP contribution is -2.41. The number of thiophene rings is 1. The number of anilines is 1. The lowest BCUT2D eigenvalue weighted by Gasteiger charge is -2.31. The van der Waals surface area contributed by atoms with Crippen LogP contribution >= 0.6 is 11.3 Å². The Morgan fingerprint density at radius 3 is 2.51 bits per heavy atom. The minimum absolute atomic E-state index is 0.0291. The van der Waals surface area contributed by atoms with Gasteiger partial charge in [0.25, 0.3) is 0 Å². The van der Waals surface area contributed by atoms with Gasteiger partial charge < -0.3 is 19.7 Å². The second kappa shape index (κ2) is 9.75. The summed E-state index contributed by atoms with van der Waals surface area (Å²) in [5.74, 6) is 0. The molecule has 3 heterocycles. The molecule has 2 amide bonds. The maximum atomic E-state index is 14.0. The van der Waals surface area contributed by atoms with E-state index in [4.69, 9.17) is 0 Å².